The van der Waals surface area contributed by atoms with Crippen LogP contribution in [0.4, 0.5) is 0 Å². The van der Waals surface area contributed by atoms with Crippen molar-refractivity contribution in [1.82, 2.24) is 9.80 Å². The maximum Gasteiger partial charge on any atom is 0.0868 e. The normalized spacial score (nSPS) is 26.2. The summed E-state index contributed by atoms with van der Waals surface area (Å²) >= 11 is 0. The fraction of sp³-hybridized carbons (Fsp3) is 0.938. The Hall–Kier alpha value is -0.590. The van der Waals surface area contributed by atoms with Crippen molar-refractivity contribution in [2.45, 2.75) is 63.8 Å². The molecule has 1 unspecified atom stereocenters. The first-order valence-corrected chi connectivity index (χ1v) is 8.23. The number of nitriles is 1. The molecule has 0 aliphatic carbocycles. The minimum Gasteiger partial charge on any atom is -0.303 e. The van der Waals surface area contributed by atoms with E-state index in [1.54, 1.807) is 0 Å². The van der Waals surface area contributed by atoms with Crippen LogP contribution >= 0.6 is 0 Å². The summed E-state index contributed by atoms with van der Waals surface area (Å²) in [7, 11) is 0. The molecule has 3 heteroatoms. The predicted octanol–water partition coefficient (Wildman–Crippen LogP) is 3.02. The molecule has 2 rings (SSSR count). The molecule has 1 atom stereocenters. The van der Waals surface area contributed by atoms with Crippen LogP contribution < -0.4 is 0 Å². The SMILES string of the molecule is N#CCN1CCCCC1CCCCN1CCCCC1. The van der Waals surface area contributed by atoms with Crippen LogP contribution in [0.3, 0.4) is 0 Å². The van der Waals surface area contributed by atoms with Crippen molar-refractivity contribution in [3.05, 3.63) is 0 Å². The van der Waals surface area contributed by atoms with Gasteiger partial charge in [-0.05, 0) is 64.7 Å². The largest absolute Gasteiger partial charge is 0.303 e. The van der Waals surface area contributed by atoms with E-state index >= 15 is 0 Å². The monoisotopic (exact) mass is 263 g/mol. The maximum atomic E-state index is 8.88. The van der Waals surface area contributed by atoms with Crippen molar-refractivity contribution in [3.63, 3.8) is 0 Å². The van der Waals surface area contributed by atoms with E-state index in [9.17, 15) is 0 Å². The van der Waals surface area contributed by atoms with E-state index in [4.69, 9.17) is 5.26 Å². The van der Waals surface area contributed by atoms with Crippen LogP contribution in [0.1, 0.15) is 57.8 Å². The van der Waals surface area contributed by atoms with Gasteiger partial charge in [-0.15, -0.1) is 0 Å². The highest BCUT2D eigenvalue weighted by atomic mass is 15.2. The quantitative estimate of drug-likeness (QED) is 0.545. The zero-order chi connectivity index (χ0) is 13.3. The van der Waals surface area contributed by atoms with Crippen LogP contribution in [0.25, 0.3) is 0 Å². The topological polar surface area (TPSA) is 30.3 Å². The van der Waals surface area contributed by atoms with Crippen LogP contribution in [-0.4, -0.2) is 48.6 Å². The number of hydrogen-bond donors (Lipinski definition) is 0. The van der Waals surface area contributed by atoms with Crippen molar-refractivity contribution in [2.24, 2.45) is 0 Å². The minimum atomic E-state index is 0.636. The van der Waals surface area contributed by atoms with E-state index in [1.807, 2.05) is 0 Å². The second kappa shape index (κ2) is 8.55. The zero-order valence-corrected chi connectivity index (χ0v) is 12.3. The molecule has 0 spiro atoms. The molecule has 0 bridgehead atoms. The molecule has 3 nitrogen and oxygen atoms in total. The van der Waals surface area contributed by atoms with Crippen LogP contribution in [0.15, 0.2) is 0 Å². The molecular weight excluding hydrogens is 234 g/mol. The number of unbranched alkanes of at least 4 members (excludes halogenated alkanes) is 1. The van der Waals surface area contributed by atoms with Gasteiger partial charge in [0.2, 0.25) is 0 Å². The second-order valence-corrected chi connectivity index (χ2v) is 6.18. The summed E-state index contributed by atoms with van der Waals surface area (Å²) < 4.78 is 0. The van der Waals surface area contributed by atoms with Gasteiger partial charge >= 0.3 is 0 Å². The number of hydrogen-bond acceptors (Lipinski definition) is 3. The highest BCUT2D eigenvalue weighted by molar-refractivity contribution is 4.84. The smallest absolute Gasteiger partial charge is 0.0868 e. The van der Waals surface area contributed by atoms with Crippen molar-refractivity contribution >= 4 is 0 Å². The first-order valence-electron chi connectivity index (χ1n) is 8.23. The standard InChI is InChI=1S/C16H29N3/c17-10-15-19-14-7-3-9-16(19)8-2-6-13-18-11-4-1-5-12-18/h16H,1-9,11-15H2. The highest BCUT2D eigenvalue weighted by Crippen LogP contribution is 2.21. The third kappa shape index (κ3) is 5.12. The zero-order valence-electron chi connectivity index (χ0n) is 12.3. The molecule has 0 radical (unpaired) electrons. The molecule has 0 N–H and O–H groups in total. The van der Waals surface area contributed by atoms with E-state index in [2.05, 4.69) is 15.9 Å². The fourth-order valence-electron chi connectivity index (χ4n) is 3.58. The van der Waals surface area contributed by atoms with Crippen molar-refractivity contribution in [2.75, 3.05) is 32.7 Å². The lowest BCUT2D eigenvalue weighted by Crippen LogP contribution is -2.39. The molecule has 0 aromatic rings. The molecule has 2 heterocycles. The lowest BCUT2D eigenvalue weighted by molar-refractivity contribution is 0.152. The van der Waals surface area contributed by atoms with Gasteiger partial charge in [-0.1, -0.05) is 19.3 Å². The Morgan fingerprint density at radius 2 is 1.74 bits per heavy atom. The second-order valence-electron chi connectivity index (χ2n) is 6.18. The van der Waals surface area contributed by atoms with Gasteiger partial charge in [-0.3, -0.25) is 4.90 Å². The van der Waals surface area contributed by atoms with E-state index in [-0.39, 0.29) is 0 Å². The Bertz CT molecular complexity index is 278. The van der Waals surface area contributed by atoms with Crippen LogP contribution in [0.5, 0.6) is 0 Å². The summed E-state index contributed by atoms with van der Waals surface area (Å²) in [6.45, 7) is 5.72. The summed E-state index contributed by atoms with van der Waals surface area (Å²) in [5.74, 6) is 0. The average molecular weight is 263 g/mol. The number of piperidine rings is 2. The molecule has 2 fully saturated rings. The van der Waals surface area contributed by atoms with Gasteiger partial charge in [0.15, 0.2) is 0 Å². The van der Waals surface area contributed by atoms with Gasteiger partial charge in [0.25, 0.3) is 0 Å². The van der Waals surface area contributed by atoms with E-state index in [1.165, 1.54) is 77.4 Å². The Morgan fingerprint density at radius 3 is 2.53 bits per heavy atom. The highest BCUT2D eigenvalue weighted by Gasteiger charge is 2.21. The van der Waals surface area contributed by atoms with E-state index in [0.29, 0.717) is 12.6 Å². The molecule has 0 amide bonds. The van der Waals surface area contributed by atoms with Gasteiger partial charge in [0.1, 0.15) is 0 Å². The van der Waals surface area contributed by atoms with Gasteiger partial charge in [-0.2, -0.15) is 5.26 Å². The number of likely N-dealkylation sites (tertiary alicyclic amines) is 2. The molecule has 0 aromatic heterocycles. The molecule has 108 valence electrons. The molecule has 2 aliphatic heterocycles. The molecule has 2 aliphatic rings. The summed E-state index contributed by atoms with van der Waals surface area (Å²) in [5.41, 5.74) is 0. The summed E-state index contributed by atoms with van der Waals surface area (Å²) in [5, 5.41) is 8.88. The fourth-order valence-corrected chi connectivity index (χ4v) is 3.58. The first-order chi connectivity index (χ1) is 9.40. The average Bonchev–Trinajstić information content (AvgIpc) is 2.47. The lowest BCUT2D eigenvalue weighted by Gasteiger charge is -2.34. The van der Waals surface area contributed by atoms with E-state index in [0.717, 1.165) is 6.54 Å². The van der Waals surface area contributed by atoms with Crippen LogP contribution in [0, 0.1) is 11.3 Å². The predicted molar refractivity (Wildman–Crippen MR) is 79.0 cm³/mol. The Balaban J connectivity index is 1.59. The Kier molecular flexibility index (Phi) is 6.67. The van der Waals surface area contributed by atoms with Gasteiger partial charge < -0.3 is 4.90 Å². The first kappa shape index (κ1) is 14.8. The van der Waals surface area contributed by atoms with Crippen LogP contribution in [0.2, 0.25) is 0 Å². The molecule has 0 saturated carbocycles. The lowest BCUT2D eigenvalue weighted by atomic mass is 9.97. The summed E-state index contributed by atoms with van der Waals surface area (Å²) in [4.78, 5) is 5.04. The number of rotatable bonds is 6. The Labute approximate surface area is 118 Å². The van der Waals surface area contributed by atoms with Crippen molar-refractivity contribution < 1.29 is 0 Å². The molecule has 19 heavy (non-hydrogen) atoms. The van der Waals surface area contributed by atoms with E-state index < -0.39 is 0 Å². The number of nitrogens with zero attached hydrogens (tertiary/aromatic N) is 3. The Morgan fingerprint density at radius 1 is 0.947 bits per heavy atom. The van der Waals surface area contributed by atoms with Gasteiger partial charge in [0.05, 0.1) is 12.6 Å². The third-order valence-corrected chi connectivity index (χ3v) is 4.73. The summed E-state index contributed by atoms with van der Waals surface area (Å²) in [6, 6.07) is 3.02. The van der Waals surface area contributed by atoms with Crippen molar-refractivity contribution in [3.8, 4) is 6.07 Å². The molecule has 0 aromatic carbocycles. The van der Waals surface area contributed by atoms with Crippen LogP contribution in [-0.2, 0) is 0 Å². The van der Waals surface area contributed by atoms with Gasteiger partial charge in [0, 0.05) is 6.04 Å². The molecule has 2 saturated heterocycles. The van der Waals surface area contributed by atoms with Gasteiger partial charge in [-0.25, -0.2) is 0 Å². The molecular formula is C16H29N3. The minimum absolute atomic E-state index is 0.636. The maximum absolute atomic E-state index is 8.88. The van der Waals surface area contributed by atoms with Crippen molar-refractivity contribution in [1.29, 1.82) is 5.26 Å². The summed E-state index contributed by atoms with van der Waals surface area (Å²) in [6.07, 6.45) is 12.2. The third-order valence-electron chi connectivity index (χ3n) is 4.73.